The van der Waals surface area contributed by atoms with Gasteiger partial charge in [0.25, 0.3) is 5.91 Å². The lowest BCUT2D eigenvalue weighted by atomic mass is 9.94. The summed E-state index contributed by atoms with van der Waals surface area (Å²) in [5, 5.41) is 3.14. The Morgan fingerprint density at radius 3 is 2.14 bits per heavy atom. The van der Waals surface area contributed by atoms with Crippen molar-refractivity contribution in [1.82, 2.24) is 9.88 Å². The van der Waals surface area contributed by atoms with Gasteiger partial charge in [-0.15, -0.1) is 0 Å². The summed E-state index contributed by atoms with van der Waals surface area (Å²) in [6.45, 7) is 29.3. The molecule has 0 radical (unpaired) electrons. The Balaban J connectivity index is 2.23. The number of allylic oxidation sites excluding steroid dienone is 5. The van der Waals surface area contributed by atoms with Crippen LogP contribution in [-0.4, -0.2) is 27.8 Å². The smallest absolute Gasteiger partial charge is 0.258 e. The Morgan fingerprint density at radius 1 is 0.960 bits per heavy atom. The van der Waals surface area contributed by atoms with Gasteiger partial charge in [-0.25, -0.2) is 4.39 Å². The van der Waals surface area contributed by atoms with Crippen LogP contribution in [0.5, 0.6) is 0 Å². The Bertz CT molecular complexity index is 1650. The number of ether oxygens (including phenoxy) is 2. The molecule has 270 valence electrons. The van der Waals surface area contributed by atoms with Crippen molar-refractivity contribution in [1.29, 1.82) is 0 Å². The van der Waals surface area contributed by atoms with E-state index in [0.29, 0.717) is 24.2 Å². The standard InChI is InChI=1S/C44H59FN2O3/c1-13-18-36(19-14-2)46-42(48)39-38(33-20-16-15-17-21-33)41(34-22-24-35(45)25-23-34)47(40(39)30(3)4)27-26-37(50-44(10,11)12)29-31(5)28-32(6)49-43(7,8)9/h13-25,30-31,37H,1,6,26-29H2,2-5,7-12H3,(H,46,48)/b19-14-,36-18+/t31-,37+/m0/s1. The number of hydrogen-bond acceptors (Lipinski definition) is 3. The quantitative estimate of drug-likeness (QED) is 0.121. The van der Waals surface area contributed by atoms with Crippen molar-refractivity contribution in [2.24, 2.45) is 5.92 Å². The topological polar surface area (TPSA) is 52.5 Å². The van der Waals surface area contributed by atoms with Crippen molar-refractivity contribution in [3.63, 3.8) is 0 Å². The fourth-order valence-corrected chi connectivity index (χ4v) is 6.53. The molecule has 3 rings (SSSR count). The van der Waals surface area contributed by atoms with E-state index in [1.807, 2.05) is 70.2 Å². The fourth-order valence-electron chi connectivity index (χ4n) is 6.53. The number of nitrogens with zero attached hydrogens (tertiary/aromatic N) is 1. The van der Waals surface area contributed by atoms with Gasteiger partial charge < -0.3 is 19.4 Å². The minimum atomic E-state index is -0.360. The van der Waals surface area contributed by atoms with Crippen LogP contribution in [0, 0.1) is 11.7 Å². The molecular formula is C44H59FN2O3. The maximum Gasteiger partial charge on any atom is 0.258 e. The highest BCUT2D eigenvalue weighted by molar-refractivity contribution is 6.07. The van der Waals surface area contributed by atoms with Gasteiger partial charge in [0.05, 0.1) is 28.7 Å². The SMILES string of the molecule is C=C/C=C(\C=C/C)NC(=O)c1c(-c2ccccc2)c(-c2ccc(F)cc2)n(CC[C@H](C[C@@H](C)CC(=C)OC(C)(C)C)OC(C)(C)C)c1C(C)C. The number of amides is 1. The Hall–Kier alpha value is -4.16. The Morgan fingerprint density at radius 2 is 1.60 bits per heavy atom. The third-order valence-electron chi connectivity index (χ3n) is 8.05. The second-order valence-corrected chi connectivity index (χ2v) is 15.4. The Kier molecular flexibility index (Phi) is 14.2. The molecule has 0 fully saturated rings. The highest BCUT2D eigenvalue weighted by atomic mass is 19.1. The molecule has 1 heterocycles. The zero-order chi connectivity index (χ0) is 37.2. The van der Waals surface area contributed by atoms with Crippen LogP contribution in [0.3, 0.4) is 0 Å². The predicted molar refractivity (Wildman–Crippen MR) is 208 cm³/mol. The average Bonchev–Trinajstić information content (AvgIpc) is 3.34. The summed E-state index contributed by atoms with van der Waals surface area (Å²) in [5.74, 6) is 0.502. The van der Waals surface area contributed by atoms with Crippen LogP contribution in [0.4, 0.5) is 4.39 Å². The monoisotopic (exact) mass is 682 g/mol. The van der Waals surface area contributed by atoms with E-state index in [2.05, 4.69) is 64.6 Å². The first-order chi connectivity index (χ1) is 23.4. The molecule has 0 saturated carbocycles. The lowest BCUT2D eigenvalue weighted by Crippen LogP contribution is -2.30. The van der Waals surface area contributed by atoms with E-state index < -0.39 is 0 Å². The van der Waals surface area contributed by atoms with Gasteiger partial charge in [-0.05, 0) is 121 Å². The highest BCUT2D eigenvalue weighted by Crippen LogP contribution is 2.42. The minimum absolute atomic E-state index is 0.0141. The van der Waals surface area contributed by atoms with Gasteiger partial charge >= 0.3 is 0 Å². The van der Waals surface area contributed by atoms with E-state index >= 15 is 0 Å². The molecule has 0 aliphatic rings. The summed E-state index contributed by atoms with van der Waals surface area (Å²) in [5.41, 5.74) is 4.92. The van der Waals surface area contributed by atoms with Crippen LogP contribution in [0.2, 0.25) is 0 Å². The molecule has 0 aliphatic carbocycles. The molecular weight excluding hydrogens is 623 g/mol. The van der Waals surface area contributed by atoms with Crippen molar-refractivity contribution in [3.05, 3.63) is 121 Å². The molecule has 50 heavy (non-hydrogen) atoms. The Labute approximate surface area is 301 Å². The molecule has 3 aromatic rings. The molecule has 1 N–H and O–H groups in total. The van der Waals surface area contributed by atoms with Crippen molar-refractivity contribution in [3.8, 4) is 22.4 Å². The first kappa shape index (κ1) is 40.3. The van der Waals surface area contributed by atoms with Crippen LogP contribution in [0.25, 0.3) is 22.4 Å². The normalized spacial score (nSPS) is 13.8. The zero-order valence-electron chi connectivity index (χ0n) is 32.0. The summed E-state index contributed by atoms with van der Waals surface area (Å²) >= 11 is 0. The molecule has 0 unspecified atom stereocenters. The molecule has 1 aromatic heterocycles. The van der Waals surface area contributed by atoms with Crippen molar-refractivity contribution in [2.75, 3.05) is 0 Å². The number of carbonyl (C=O) groups excluding carboxylic acids is 1. The predicted octanol–water partition coefficient (Wildman–Crippen LogP) is 11.8. The first-order valence-corrected chi connectivity index (χ1v) is 17.8. The third-order valence-corrected chi connectivity index (χ3v) is 8.05. The van der Waals surface area contributed by atoms with Gasteiger partial charge in [0.15, 0.2) is 0 Å². The summed E-state index contributed by atoms with van der Waals surface area (Å²) in [4.78, 5) is 14.5. The van der Waals surface area contributed by atoms with Gasteiger partial charge in [-0.1, -0.05) is 76.4 Å². The zero-order valence-corrected chi connectivity index (χ0v) is 32.0. The fraction of sp³-hybridized carbons (Fsp3) is 0.432. The summed E-state index contributed by atoms with van der Waals surface area (Å²) in [7, 11) is 0. The maximum atomic E-state index is 14.5. The second kappa shape index (κ2) is 17.7. The first-order valence-electron chi connectivity index (χ1n) is 17.8. The number of carbonyl (C=O) groups is 1. The number of hydrogen-bond donors (Lipinski definition) is 1. The molecule has 0 bridgehead atoms. The number of rotatable bonds is 16. The van der Waals surface area contributed by atoms with Crippen LogP contribution in [0.15, 0.2) is 104 Å². The van der Waals surface area contributed by atoms with Crippen LogP contribution in [-0.2, 0) is 16.0 Å². The number of halogens is 1. The highest BCUT2D eigenvalue weighted by Gasteiger charge is 2.31. The van der Waals surface area contributed by atoms with Crippen molar-refractivity contribution >= 4 is 5.91 Å². The van der Waals surface area contributed by atoms with E-state index in [0.717, 1.165) is 46.7 Å². The van der Waals surface area contributed by atoms with Gasteiger partial charge in [-0.3, -0.25) is 4.79 Å². The van der Waals surface area contributed by atoms with Gasteiger partial charge in [0.1, 0.15) is 11.4 Å². The number of nitrogens with one attached hydrogen (secondary N) is 1. The lowest BCUT2D eigenvalue weighted by Gasteiger charge is -2.31. The summed E-state index contributed by atoms with van der Waals surface area (Å²) < 4.78 is 29.4. The molecule has 2 aromatic carbocycles. The molecule has 2 atom stereocenters. The second-order valence-electron chi connectivity index (χ2n) is 15.4. The molecule has 0 aliphatic heterocycles. The van der Waals surface area contributed by atoms with Crippen LogP contribution >= 0.6 is 0 Å². The van der Waals surface area contributed by atoms with Gasteiger partial charge in [0.2, 0.25) is 0 Å². The maximum absolute atomic E-state index is 14.5. The number of benzene rings is 2. The van der Waals surface area contributed by atoms with Gasteiger partial charge in [0, 0.05) is 29.9 Å². The van der Waals surface area contributed by atoms with E-state index in [1.54, 1.807) is 24.3 Å². The molecule has 0 saturated heterocycles. The van der Waals surface area contributed by atoms with E-state index in [9.17, 15) is 9.18 Å². The van der Waals surface area contributed by atoms with Crippen LogP contribution in [0.1, 0.15) is 110 Å². The van der Waals surface area contributed by atoms with Gasteiger partial charge in [-0.2, -0.15) is 0 Å². The number of aromatic nitrogens is 1. The largest absolute Gasteiger partial charge is 0.493 e. The summed E-state index contributed by atoms with van der Waals surface area (Å²) in [6, 6.07) is 16.5. The molecule has 6 heteroatoms. The van der Waals surface area contributed by atoms with E-state index in [1.165, 1.54) is 12.1 Å². The van der Waals surface area contributed by atoms with E-state index in [-0.39, 0.29) is 40.9 Å². The summed E-state index contributed by atoms with van der Waals surface area (Å²) in [6.07, 6.45) is 9.34. The molecule has 0 spiro atoms. The minimum Gasteiger partial charge on any atom is -0.493 e. The molecule has 5 nitrogen and oxygen atoms in total. The van der Waals surface area contributed by atoms with Crippen molar-refractivity contribution < 1.29 is 18.7 Å². The molecule has 1 amide bonds. The lowest BCUT2D eigenvalue weighted by molar-refractivity contribution is -0.0734. The average molecular weight is 683 g/mol. The van der Waals surface area contributed by atoms with E-state index in [4.69, 9.17) is 9.47 Å². The van der Waals surface area contributed by atoms with Crippen molar-refractivity contribution in [2.45, 2.75) is 118 Å². The van der Waals surface area contributed by atoms with Crippen LogP contribution < -0.4 is 5.32 Å². The third kappa shape index (κ3) is 11.7.